The van der Waals surface area contributed by atoms with Crippen LogP contribution in [0.2, 0.25) is 0 Å². The molecule has 0 N–H and O–H groups in total. The second-order valence-corrected chi connectivity index (χ2v) is 11.2. The minimum absolute atomic E-state index is 0.00385. The van der Waals surface area contributed by atoms with Gasteiger partial charge in [0, 0.05) is 17.6 Å². The Hall–Kier alpha value is -2.48. The average molecular weight is 453 g/mol. The second kappa shape index (κ2) is 8.95. The summed E-state index contributed by atoms with van der Waals surface area (Å²) in [4.78, 5) is 5.48. The van der Waals surface area contributed by atoms with Crippen LogP contribution in [-0.2, 0) is 5.41 Å². The van der Waals surface area contributed by atoms with E-state index in [1.54, 1.807) is 5.70 Å². The van der Waals surface area contributed by atoms with Crippen molar-refractivity contribution in [2.45, 2.75) is 89.6 Å². The molecule has 0 spiro atoms. The third-order valence-corrected chi connectivity index (χ3v) is 9.35. The second-order valence-electron chi connectivity index (χ2n) is 11.2. The SMILES string of the molecule is CC1=C2N(C=CC2(c2ccccc2)C2CCCCC2)C(C2CCCCC2)N1c1ccccc1C. The third kappa shape index (κ3) is 3.36. The molecular formula is C32H40N2. The lowest BCUT2D eigenvalue weighted by atomic mass is 9.63. The normalized spacial score (nSPS) is 28.1. The van der Waals surface area contributed by atoms with E-state index < -0.39 is 0 Å². The molecule has 2 unspecified atom stereocenters. The van der Waals surface area contributed by atoms with Crippen molar-refractivity contribution < 1.29 is 0 Å². The molecule has 2 heterocycles. The largest absolute Gasteiger partial charge is 0.328 e. The molecule has 178 valence electrons. The van der Waals surface area contributed by atoms with Gasteiger partial charge in [0.15, 0.2) is 0 Å². The van der Waals surface area contributed by atoms with Gasteiger partial charge in [0.05, 0.1) is 11.1 Å². The molecule has 6 rings (SSSR count). The minimum atomic E-state index is -0.00385. The topological polar surface area (TPSA) is 6.48 Å². The Bertz CT molecular complexity index is 1070. The van der Waals surface area contributed by atoms with Gasteiger partial charge in [0.1, 0.15) is 6.17 Å². The fourth-order valence-electron chi connectivity index (χ4n) is 7.81. The fourth-order valence-corrected chi connectivity index (χ4v) is 7.81. The van der Waals surface area contributed by atoms with Crippen LogP contribution >= 0.6 is 0 Å². The van der Waals surface area contributed by atoms with Crippen molar-refractivity contribution in [2.24, 2.45) is 11.8 Å². The van der Waals surface area contributed by atoms with Gasteiger partial charge in [-0.15, -0.1) is 0 Å². The highest BCUT2D eigenvalue weighted by molar-refractivity contribution is 5.65. The predicted molar refractivity (Wildman–Crippen MR) is 142 cm³/mol. The number of benzene rings is 2. The quantitative estimate of drug-likeness (QED) is 0.460. The summed E-state index contributed by atoms with van der Waals surface area (Å²) in [7, 11) is 0. The van der Waals surface area contributed by atoms with Crippen LogP contribution in [0.4, 0.5) is 5.69 Å². The monoisotopic (exact) mass is 452 g/mol. The fraction of sp³-hybridized carbons (Fsp3) is 0.500. The molecule has 2 aliphatic heterocycles. The van der Waals surface area contributed by atoms with Crippen LogP contribution < -0.4 is 4.90 Å². The molecule has 2 nitrogen and oxygen atoms in total. The summed E-state index contributed by atoms with van der Waals surface area (Å²) in [5.41, 5.74) is 7.32. The van der Waals surface area contributed by atoms with Crippen molar-refractivity contribution in [1.29, 1.82) is 0 Å². The van der Waals surface area contributed by atoms with Crippen LogP contribution in [0.25, 0.3) is 0 Å². The molecule has 4 aliphatic rings. The van der Waals surface area contributed by atoms with E-state index in [0.29, 0.717) is 18.0 Å². The number of para-hydroxylation sites is 1. The summed E-state index contributed by atoms with van der Waals surface area (Å²) >= 11 is 0. The Labute approximate surface area is 206 Å². The van der Waals surface area contributed by atoms with Gasteiger partial charge in [-0.1, -0.05) is 93.1 Å². The molecule has 2 atom stereocenters. The Morgan fingerprint density at radius 2 is 1.38 bits per heavy atom. The molecule has 34 heavy (non-hydrogen) atoms. The summed E-state index contributed by atoms with van der Waals surface area (Å²) in [6, 6.07) is 20.5. The number of hydrogen-bond acceptors (Lipinski definition) is 2. The lowest BCUT2D eigenvalue weighted by Gasteiger charge is -2.42. The van der Waals surface area contributed by atoms with Gasteiger partial charge in [0.25, 0.3) is 0 Å². The molecule has 0 aromatic heterocycles. The zero-order chi connectivity index (χ0) is 23.1. The molecule has 2 saturated carbocycles. The predicted octanol–water partition coefficient (Wildman–Crippen LogP) is 8.30. The molecule has 0 radical (unpaired) electrons. The van der Waals surface area contributed by atoms with E-state index in [-0.39, 0.29) is 5.41 Å². The van der Waals surface area contributed by atoms with Crippen LogP contribution in [-0.4, -0.2) is 11.1 Å². The number of aryl methyl sites for hydroxylation is 1. The number of anilines is 1. The highest BCUT2D eigenvalue weighted by Gasteiger charge is 2.54. The summed E-state index contributed by atoms with van der Waals surface area (Å²) in [6.45, 7) is 4.71. The van der Waals surface area contributed by atoms with Crippen LogP contribution in [0.15, 0.2) is 78.3 Å². The highest BCUT2D eigenvalue weighted by Crippen LogP contribution is 2.57. The van der Waals surface area contributed by atoms with E-state index >= 15 is 0 Å². The summed E-state index contributed by atoms with van der Waals surface area (Å²) in [5, 5.41) is 0. The molecule has 2 fully saturated rings. The lowest BCUT2D eigenvalue weighted by molar-refractivity contribution is 0.194. The smallest absolute Gasteiger partial charge is 0.113 e. The zero-order valence-corrected chi connectivity index (χ0v) is 21.0. The number of hydrogen-bond donors (Lipinski definition) is 0. The Morgan fingerprint density at radius 1 is 0.735 bits per heavy atom. The number of allylic oxidation sites excluding steroid dienone is 2. The summed E-state index contributed by atoms with van der Waals surface area (Å²) in [5.74, 6) is 1.39. The minimum Gasteiger partial charge on any atom is -0.328 e. The van der Waals surface area contributed by atoms with Crippen molar-refractivity contribution in [2.75, 3.05) is 4.90 Å². The maximum absolute atomic E-state index is 2.74. The Kier molecular flexibility index (Phi) is 5.79. The van der Waals surface area contributed by atoms with Gasteiger partial charge in [-0.25, -0.2) is 0 Å². The van der Waals surface area contributed by atoms with E-state index in [1.807, 2.05) is 0 Å². The van der Waals surface area contributed by atoms with Crippen molar-refractivity contribution in [3.63, 3.8) is 0 Å². The van der Waals surface area contributed by atoms with Crippen LogP contribution in [0.5, 0.6) is 0 Å². The molecular weight excluding hydrogens is 412 g/mol. The number of rotatable bonds is 4. The van der Waals surface area contributed by atoms with Crippen LogP contribution in [0, 0.1) is 18.8 Å². The first-order valence-corrected chi connectivity index (χ1v) is 13.8. The van der Waals surface area contributed by atoms with E-state index in [2.05, 4.69) is 90.5 Å². The Balaban J connectivity index is 1.53. The van der Waals surface area contributed by atoms with Crippen molar-refractivity contribution in [1.82, 2.24) is 4.90 Å². The number of nitrogens with zero attached hydrogens (tertiary/aromatic N) is 2. The van der Waals surface area contributed by atoms with Crippen molar-refractivity contribution in [3.8, 4) is 0 Å². The van der Waals surface area contributed by atoms with Gasteiger partial charge in [-0.2, -0.15) is 0 Å². The molecule has 2 aromatic carbocycles. The zero-order valence-electron chi connectivity index (χ0n) is 21.0. The first-order valence-electron chi connectivity index (χ1n) is 13.8. The number of fused-ring (bicyclic) bond motifs is 1. The first kappa shape index (κ1) is 22.0. The van der Waals surface area contributed by atoms with E-state index in [0.717, 1.165) is 0 Å². The van der Waals surface area contributed by atoms with Gasteiger partial charge >= 0.3 is 0 Å². The van der Waals surface area contributed by atoms with E-state index in [1.165, 1.54) is 86.7 Å². The van der Waals surface area contributed by atoms with Crippen molar-refractivity contribution in [3.05, 3.63) is 89.4 Å². The third-order valence-electron chi connectivity index (χ3n) is 9.35. The molecule has 0 saturated heterocycles. The lowest BCUT2D eigenvalue weighted by Crippen LogP contribution is -2.45. The first-order chi connectivity index (χ1) is 16.7. The summed E-state index contributed by atoms with van der Waals surface area (Å²) < 4.78 is 0. The average Bonchev–Trinajstić information content (AvgIpc) is 3.43. The van der Waals surface area contributed by atoms with Crippen LogP contribution in [0.1, 0.15) is 82.3 Å². The maximum atomic E-state index is 2.74. The van der Waals surface area contributed by atoms with Gasteiger partial charge in [-0.3, -0.25) is 0 Å². The van der Waals surface area contributed by atoms with E-state index in [9.17, 15) is 0 Å². The summed E-state index contributed by atoms with van der Waals surface area (Å²) in [6.07, 6.45) is 19.2. The molecule has 0 amide bonds. The van der Waals surface area contributed by atoms with Gasteiger partial charge < -0.3 is 9.80 Å². The molecule has 2 aromatic rings. The standard InChI is InChI=1S/C32H40N2/c1-24-14-12-13-21-29(24)34-25(2)30-32(27-17-8-4-9-18-27,28-19-10-5-11-20-28)22-23-33(30)31(34)26-15-6-3-7-16-26/h4,8-9,12-14,17-18,21-23,26,28,31H,3,5-7,10-11,15-16,19-20H2,1-2H3. The van der Waals surface area contributed by atoms with Gasteiger partial charge in [-0.05, 0) is 68.6 Å². The Morgan fingerprint density at radius 3 is 2.09 bits per heavy atom. The maximum Gasteiger partial charge on any atom is 0.113 e. The highest BCUT2D eigenvalue weighted by atomic mass is 15.4. The van der Waals surface area contributed by atoms with Crippen LogP contribution in [0.3, 0.4) is 0 Å². The van der Waals surface area contributed by atoms with E-state index in [4.69, 9.17) is 0 Å². The van der Waals surface area contributed by atoms with Crippen molar-refractivity contribution >= 4 is 5.69 Å². The molecule has 0 bridgehead atoms. The molecule has 2 aliphatic carbocycles. The van der Waals surface area contributed by atoms with Gasteiger partial charge in [0.2, 0.25) is 0 Å². The molecule has 2 heteroatoms.